The van der Waals surface area contributed by atoms with Crippen molar-refractivity contribution in [3.63, 3.8) is 0 Å². The highest BCUT2D eigenvalue weighted by atomic mass is 32.1. The second-order valence-corrected chi connectivity index (χ2v) is 8.44. The van der Waals surface area contributed by atoms with E-state index in [4.69, 9.17) is 17.0 Å². The van der Waals surface area contributed by atoms with Crippen LogP contribution in [0.5, 0.6) is 0 Å². The van der Waals surface area contributed by atoms with Crippen molar-refractivity contribution in [3.05, 3.63) is 83.9 Å². The minimum absolute atomic E-state index is 0.0152. The van der Waals surface area contributed by atoms with Crippen molar-refractivity contribution in [2.75, 3.05) is 13.2 Å². The third kappa shape index (κ3) is 3.61. The number of hydrogen-bond acceptors (Lipinski definition) is 3. The van der Waals surface area contributed by atoms with Crippen molar-refractivity contribution in [2.24, 2.45) is 0 Å². The third-order valence-electron chi connectivity index (χ3n) is 5.99. The lowest BCUT2D eigenvalue weighted by Gasteiger charge is -2.30. The third-order valence-corrected chi connectivity index (χ3v) is 6.34. The fourth-order valence-corrected chi connectivity index (χ4v) is 4.89. The van der Waals surface area contributed by atoms with Crippen molar-refractivity contribution in [3.8, 4) is 5.69 Å². The first-order chi connectivity index (χ1) is 14.7. The van der Waals surface area contributed by atoms with Gasteiger partial charge in [0.15, 0.2) is 5.11 Å². The van der Waals surface area contributed by atoms with Crippen LogP contribution in [0.15, 0.2) is 67.0 Å². The molecule has 2 fully saturated rings. The molecule has 2 aliphatic heterocycles. The Morgan fingerprint density at radius 3 is 2.87 bits per heavy atom. The zero-order valence-corrected chi connectivity index (χ0v) is 17.9. The van der Waals surface area contributed by atoms with Gasteiger partial charge in [0.05, 0.1) is 23.9 Å². The highest BCUT2D eigenvalue weighted by Gasteiger charge is 2.42. The van der Waals surface area contributed by atoms with E-state index >= 15 is 0 Å². The molecule has 2 aliphatic rings. The van der Waals surface area contributed by atoms with Gasteiger partial charge in [-0.05, 0) is 73.9 Å². The first-order valence-electron chi connectivity index (χ1n) is 10.5. The van der Waals surface area contributed by atoms with Gasteiger partial charge in [0.2, 0.25) is 0 Å². The Hall–Kier alpha value is -2.70. The van der Waals surface area contributed by atoms with Gasteiger partial charge < -0.3 is 19.5 Å². The number of benzene rings is 1. The lowest BCUT2D eigenvalue weighted by Crippen LogP contribution is -2.36. The number of rotatable bonds is 5. The van der Waals surface area contributed by atoms with Crippen molar-refractivity contribution in [1.29, 1.82) is 0 Å². The minimum atomic E-state index is -0.0152. The van der Waals surface area contributed by atoms with Crippen LogP contribution in [0.25, 0.3) is 5.69 Å². The van der Waals surface area contributed by atoms with E-state index in [0.717, 1.165) is 42.5 Å². The van der Waals surface area contributed by atoms with Crippen LogP contribution < -0.4 is 5.32 Å². The lowest BCUT2D eigenvalue weighted by molar-refractivity contribution is 0.0836. The second-order valence-electron chi connectivity index (χ2n) is 8.06. The SMILES string of the molecule is Cc1cccc(-n2cccc2[C@@H]2[C@H](c3ccccn3)NC(=S)N2C[C@@H]2CCCO2)c1. The van der Waals surface area contributed by atoms with Gasteiger partial charge in [0, 0.05) is 36.9 Å². The summed E-state index contributed by atoms with van der Waals surface area (Å²) in [6, 6.07) is 19.0. The number of nitrogens with zero attached hydrogens (tertiary/aromatic N) is 3. The van der Waals surface area contributed by atoms with Crippen LogP contribution >= 0.6 is 12.2 Å². The molecule has 0 spiro atoms. The largest absolute Gasteiger partial charge is 0.376 e. The van der Waals surface area contributed by atoms with Crippen LogP contribution in [0.4, 0.5) is 0 Å². The quantitative estimate of drug-likeness (QED) is 0.625. The van der Waals surface area contributed by atoms with Gasteiger partial charge in [-0.2, -0.15) is 0 Å². The Morgan fingerprint density at radius 1 is 1.17 bits per heavy atom. The zero-order chi connectivity index (χ0) is 20.5. The number of ether oxygens (including phenoxy) is 1. The topological polar surface area (TPSA) is 42.3 Å². The number of pyridine rings is 1. The molecule has 1 aromatic carbocycles. The van der Waals surface area contributed by atoms with E-state index in [1.54, 1.807) is 0 Å². The van der Waals surface area contributed by atoms with Gasteiger partial charge in [0.1, 0.15) is 0 Å². The van der Waals surface area contributed by atoms with Crippen molar-refractivity contribution in [2.45, 2.75) is 38.0 Å². The fourth-order valence-electron chi connectivity index (χ4n) is 4.58. The Morgan fingerprint density at radius 2 is 2.10 bits per heavy atom. The summed E-state index contributed by atoms with van der Waals surface area (Å²) in [6.07, 6.45) is 6.40. The Balaban J connectivity index is 1.57. The monoisotopic (exact) mass is 418 g/mol. The summed E-state index contributed by atoms with van der Waals surface area (Å²) < 4.78 is 8.22. The van der Waals surface area contributed by atoms with Gasteiger partial charge in [-0.3, -0.25) is 4.98 Å². The maximum absolute atomic E-state index is 5.95. The summed E-state index contributed by atoms with van der Waals surface area (Å²) in [7, 11) is 0. The zero-order valence-electron chi connectivity index (χ0n) is 17.1. The Kier molecular flexibility index (Phi) is 5.27. The van der Waals surface area contributed by atoms with E-state index in [-0.39, 0.29) is 18.2 Å². The first kappa shape index (κ1) is 19.3. The summed E-state index contributed by atoms with van der Waals surface area (Å²) in [5.74, 6) is 0. The van der Waals surface area contributed by atoms with Crippen LogP contribution in [0, 0.1) is 6.92 Å². The summed E-state index contributed by atoms with van der Waals surface area (Å²) >= 11 is 5.81. The van der Waals surface area contributed by atoms with Crippen LogP contribution in [-0.4, -0.2) is 38.8 Å². The average Bonchev–Trinajstić information content (AvgIpc) is 3.50. The van der Waals surface area contributed by atoms with Gasteiger partial charge in [-0.25, -0.2) is 0 Å². The molecule has 154 valence electrons. The molecular weight excluding hydrogens is 392 g/mol. The highest BCUT2D eigenvalue weighted by Crippen LogP contribution is 2.40. The summed E-state index contributed by atoms with van der Waals surface area (Å²) in [6.45, 7) is 3.75. The summed E-state index contributed by atoms with van der Waals surface area (Å²) in [5, 5.41) is 4.32. The highest BCUT2D eigenvalue weighted by molar-refractivity contribution is 7.80. The molecule has 6 heteroatoms. The molecule has 4 heterocycles. The average molecular weight is 419 g/mol. The van der Waals surface area contributed by atoms with Gasteiger partial charge in [-0.15, -0.1) is 0 Å². The molecule has 0 radical (unpaired) electrons. The summed E-state index contributed by atoms with van der Waals surface area (Å²) in [5.41, 5.74) is 4.59. The van der Waals surface area contributed by atoms with Crippen LogP contribution in [0.3, 0.4) is 0 Å². The van der Waals surface area contributed by atoms with Gasteiger partial charge in [0.25, 0.3) is 0 Å². The maximum atomic E-state index is 5.95. The maximum Gasteiger partial charge on any atom is 0.170 e. The van der Waals surface area contributed by atoms with E-state index in [1.165, 1.54) is 11.3 Å². The Labute approximate surface area is 182 Å². The predicted molar refractivity (Wildman–Crippen MR) is 122 cm³/mol. The Bertz CT molecular complexity index is 1030. The van der Waals surface area contributed by atoms with Gasteiger partial charge in [-0.1, -0.05) is 18.2 Å². The number of thiocarbonyl (C=S) groups is 1. The number of aromatic nitrogens is 2. The van der Waals surface area contributed by atoms with E-state index < -0.39 is 0 Å². The molecule has 0 amide bonds. The molecule has 0 saturated carbocycles. The van der Waals surface area contributed by atoms with E-state index in [2.05, 4.69) is 75.4 Å². The molecule has 5 nitrogen and oxygen atoms in total. The lowest BCUT2D eigenvalue weighted by atomic mass is 10.0. The normalized spacial score (nSPS) is 23.7. The number of aryl methyl sites for hydroxylation is 1. The fraction of sp³-hybridized carbons (Fsp3) is 0.333. The molecule has 3 aromatic rings. The number of nitrogens with one attached hydrogen (secondary N) is 1. The van der Waals surface area contributed by atoms with E-state index in [0.29, 0.717) is 0 Å². The van der Waals surface area contributed by atoms with Crippen molar-refractivity contribution in [1.82, 2.24) is 19.8 Å². The molecular formula is C24H26N4OS. The minimum Gasteiger partial charge on any atom is -0.376 e. The molecule has 1 N–H and O–H groups in total. The predicted octanol–water partition coefficient (Wildman–Crippen LogP) is 4.33. The molecule has 5 rings (SSSR count). The first-order valence-corrected chi connectivity index (χ1v) is 11.0. The van der Waals surface area contributed by atoms with Crippen molar-refractivity contribution < 1.29 is 4.74 Å². The molecule has 0 bridgehead atoms. The standard InChI is InChI=1S/C24H26N4OS/c1-17-7-4-8-18(15-17)27-13-5-11-21(27)23-22(20-10-2-3-12-25-20)26-24(30)28(23)16-19-9-6-14-29-19/h2-5,7-8,10-13,15,19,22-23H,6,9,14,16H2,1H3,(H,26,30)/t19-,22-,23+/m0/s1. The van der Waals surface area contributed by atoms with E-state index in [1.807, 2.05) is 18.3 Å². The van der Waals surface area contributed by atoms with Gasteiger partial charge >= 0.3 is 0 Å². The molecule has 0 aliphatic carbocycles. The molecule has 30 heavy (non-hydrogen) atoms. The second kappa shape index (κ2) is 8.20. The molecule has 0 unspecified atom stereocenters. The summed E-state index contributed by atoms with van der Waals surface area (Å²) in [4.78, 5) is 6.95. The molecule has 2 aromatic heterocycles. The molecule has 2 saturated heterocycles. The van der Waals surface area contributed by atoms with Crippen LogP contribution in [0.1, 0.15) is 41.9 Å². The smallest absolute Gasteiger partial charge is 0.170 e. The van der Waals surface area contributed by atoms with E-state index in [9.17, 15) is 0 Å². The van der Waals surface area contributed by atoms with Crippen LogP contribution in [-0.2, 0) is 4.74 Å². The number of hydrogen-bond donors (Lipinski definition) is 1. The van der Waals surface area contributed by atoms with Crippen LogP contribution in [0.2, 0.25) is 0 Å². The van der Waals surface area contributed by atoms with Crippen molar-refractivity contribution >= 4 is 17.3 Å². The molecule has 3 atom stereocenters.